The Labute approximate surface area is 169 Å². The molecule has 1 amide bonds. The summed E-state index contributed by atoms with van der Waals surface area (Å²) in [5.41, 5.74) is 2.28. The fourth-order valence-electron chi connectivity index (χ4n) is 3.51. The van der Waals surface area contributed by atoms with Gasteiger partial charge in [-0.3, -0.25) is 9.97 Å². The van der Waals surface area contributed by atoms with Crippen molar-refractivity contribution in [3.63, 3.8) is 0 Å². The summed E-state index contributed by atoms with van der Waals surface area (Å²) in [5.74, 6) is 0. The second-order valence-corrected chi connectivity index (χ2v) is 7.08. The number of hydrogen-bond acceptors (Lipinski definition) is 4. The summed E-state index contributed by atoms with van der Waals surface area (Å²) in [7, 11) is 0. The van der Waals surface area contributed by atoms with Crippen LogP contribution in [0.15, 0.2) is 42.6 Å². The number of fused-ring (bicyclic) bond motifs is 3. The quantitative estimate of drug-likeness (QED) is 0.506. The molecule has 0 aliphatic rings. The lowest BCUT2D eigenvalue weighted by atomic mass is 10.1. The molecule has 0 aliphatic carbocycles. The van der Waals surface area contributed by atoms with E-state index >= 15 is 0 Å². The highest BCUT2D eigenvalue weighted by Gasteiger charge is 2.31. The van der Waals surface area contributed by atoms with Gasteiger partial charge in [0.25, 0.3) is 0 Å². The Morgan fingerprint density at radius 2 is 1.83 bits per heavy atom. The molecule has 4 aromatic rings. The molecule has 0 radical (unpaired) electrons. The number of nitrogens with zero attached hydrogens (tertiary/aromatic N) is 4. The van der Waals surface area contributed by atoms with E-state index in [0.29, 0.717) is 16.9 Å². The number of carbonyl (C=O) groups excluding carboxylic acids is 1. The number of pyridine rings is 2. The number of rotatable bonds is 2. The van der Waals surface area contributed by atoms with Crippen LogP contribution in [0.4, 0.5) is 18.0 Å². The minimum absolute atomic E-state index is 0.312. The molecule has 0 unspecified atom stereocenters. The molecule has 30 heavy (non-hydrogen) atoms. The van der Waals surface area contributed by atoms with E-state index < -0.39 is 23.8 Å². The fourth-order valence-corrected chi connectivity index (χ4v) is 3.51. The predicted octanol–water partition coefficient (Wildman–Crippen LogP) is 4.93. The molecule has 3 heterocycles. The molecule has 0 saturated carbocycles. The number of aryl methyl sites for hydroxylation is 2. The smallest absolute Gasteiger partial charge is 0.328 e. The Morgan fingerprint density at radius 3 is 2.50 bits per heavy atom. The van der Waals surface area contributed by atoms with E-state index in [1.54, 1.807) is 13.8 Å². The predicted molar refractivity (Wildman–Crippen MR) is 106 cm³/mol. The van der Waals surface area contributed by atoms with Crippen LogP contribution in [0.25, 0.3) is 21.8 Å². The van der Waals surface area contributed by atoms with Crippen LogP contribution in [0.1, 0.15) is 35.6 Å². The zero-order valence-corrected chi connectivity index (χ0v) is 16.4. The molecule has 0 fully saturated rings. The maximum absolute atomic E-state index is 13.0. The lowest BCUT2D eigenvalue weighted by Crippen LogP contribution is -2.32. The lowest BCUT2D eigenvalue weighted by Gasteiger charge is -2.15. The van der Waals surface area contributed by atoms with Crippen LogP contribution in [-0.4, -0.2) is 25.8 Å². The molecule has 1 N–H and O–H groups in total. The van der Waals surface area contributed by atoms with Gasteiger partial charge >= 0.3 is 12.2 Å². The maximum Gasteiger partial charge on any atom is 0.417 e. The molecule has 1 aromatic carbocycles. The van der Waals surface area contributed by atoms with Crippen molar-refractivity contribution in [3.8, 4) is 0 Å². The number of para-hydroxylation sites is 1. The highest BCUT2D eigenvalue weighted by Crippen LogP contribution is 2.30. The minimum Gasteiger partial charge on any atom is -0.328 e. The summed E-state index contributed by atoms with van der Waals surface area (Å²) in [6.45, 7) is 5.31. The number of amides is 1. The Hall–Kier alpha value is -3.49. The van der Waals surface area contributed by atoms with Gasteiger partial charge in [-0.2, -0.15) is 23.0 Å². The summed E-state index contributed by atoms with van der Waals surface area (Å²) in [6, 6.07) is 8.54. The van der Waals surface area contributed by atoms with E-state index in [1.807, 2.05) is 31.2 Å². The highest BCUT2D eigenvalue weighted by atomic mass is 19.4. The summed E-state index contributed by atoms with van der Waals surface area (Å²) in [6.07, 6.45) is -3.70. The van der Waals surface area contributed by atoms with Crippen molar-refractivity contribution in [2.24, 2.45) is 0 Å². The second kappa shape index (κ2) is 7.08. The Morgan fingerprint density at radius 1 is 1.10 bits per heavy atom. The number of alkyl halides is 3. The van der Waals surface area contributed by atoms with Crippen molar-refractivity contribution in [1.82, 2.24) is 25.1 Å². The third-order valence-electron chi connectivity index (χ3n) is 4.96. The van der Waals surface area contributed by atoms with Crippen LogP contribution in [0, 0.1) is 13.8 Å². The summed E-state index contributed by atoms with van der Waals surface area (Å²) in [4.78, 5) is 21.4. The summed E-state index contributed by atoms with van der Waals surface area (Å²) >= 11 is 0. The molecule has 9 heteroatoms. The van der Waals surface area contributed by atoms with E-state index in [-0.39, 0.29) is 0 Å². The number of benzene rings is 1. The van der Waals surface area contributed by atoms with Gasteiger partial charge in [-0.15, -0.1) is 0 Å². The second-order valence-electron chi connectivity index (χ2n) is 7.08. The number of carbonyl (C=O) groups is 1. The van der Waals surface area contributed by atoms with E-state index in [0.717, 1.165) is 34.2 Å². The average Bonchev–Trinajstić information content (AvgIpc) is 3.06. The first kappa shape index (κ1) is 19.8. The van der Waals surface area contributed by atoms with E-state index in [4.69, 9.17) is 0 Å². The molecule has 0 saturated heterocycles. The average molecular weight is 413 g/mol. The molecular weight excluding hydrogens is 395 g/mol. The Kier molecular flexibility index (Phi) is 4.68. The van der Waals surface area contributed by atoms with Gasteiger partial charge < -0.3 is 5.32 Å². The van der Waals surface area contributed by atoms with E-state index in [9.17, 15) is 18.0 Å². The molecule has 0 aliphatic heterocycles. The van der Waals surface area contributed by atoms with Gasteiger partial charge in [-0.25, -0.2) is 4.79 Å². The van der Waals surface area contributed by atoms with Gasteiger partial charge in [-0.05, 0) is 39.0 Å². The van der Waals surface area contributed by atoms with Crippen LogP contribution >= 0.6 is 0 Å². The molecule has 154 valence electrons. The van der Waals surface area contributed by atoms with E-state index in [1.165, 1.54) is 10.7 Å². The third-order valence-corrected chi connectivity index (χ3v) is 4.96. The highest BCUT2D eigenvalue weighted by molar-refractivity contribution is 6.08. The third kappa shape index (κ3) is 3.36. The zero-order valence-electron chi connectivity index (χ0n) is 16.4. The Bertz CT molecular complexity index is 1260. The topological polar surface area (TPSA) is 72.7 Å². The molecule has 4 rings (SSSR count). The van der Waals surface area contributed by atoms with Crippen LogP contribution in [0.3, 0.4) is 0 Å². The van der Waals surface area contributed by atoms with Crippen molar-refractivity contribution in [2.75, 3.05) is 0 Å². The molecule has 3 aromatic heterocycles. The van der Waals surface area contributed by atoms with Gasteiger partial charge in [-0.1, -0.05) is 18.2 Å². The standard InChI is InChI=1S/C21H18F3N5O/c1-11(16-9-8-14(10-25-16)21(22,23)24)27-20(30)29-19-15-6-4-5-7-17(15)26-12(2)18(19)13(3)28-29/h4-11H,1-3H3,(H,27,30)/t11-/m0/s1. The molecule has 1 atom stereocenters. The zero-order chi connectivity index (χ0) is 21.6. The monoisotopic (exact) mass is 413 g/mol. The number of aromatic nitrogens is 4. The normalized spacial score (nSPS) is 13.0. The van der Waals surface area contributed by atoms with Crippen LogP contribution in [-0.2, 0) is 6.18 Å². The van der Waals surface area contributed by atoms with Crippen molar-refractivity contribution in [2.45, 2.75) is 33.0 Å². The molecule has 0 bridgehead atoms. The molecule has 6 nitrogen and oxygen atoms in total. The van der Waals surface area contributed by atoms with Gasteiger partial charge in [0.2, 0.25) is 0 Å². The summed E-state index contributed by atoms with van der Waals surface area (Å²) < 4.78 is 39.5. The van der Waals surface area contributed by atoms with E-state index in [2.05, 4.69) is 20.4 Å². The van der Waals surface area contributed by atoms with Crippen LogP contribution in [0.5, 0.6) is 0 Å². The van der Waals surface area contributed by atoms with Crippen LogP contribution < -0.4 is 5.32 Å². The largest absolute Gasteiger partial charge is 0.417 e. The fraction of sp³-hybridized carbons (Fsp3) is 0.238. The van der Waals surface area contributed by atoms with Gasteiger partial charge in [0.1, 0.15) is 0 Å². The number of halogens is 3. The number of nitrogens with one attached hydrogen (secondary N) is 1. The first-order valence-electron chi connectivity index (χ1n) is 9.25. The Balaban J connectivity index is 1.70. The van der Waals surface area contributed by atoms with Gasteiger partial charge in [0.05, 0.1) is 34.0 Å². The van der Waals surface area contributed by atoms with Crippen molar-refractivity contribution in [1.29, 1.82) is 0 Å². The van der Waals surface area contributed by atoms with Gasteiger partial charge in [0, 0.05) is 22.7 Å². The van der Waals surface area contributed by atoms with Gasteiger partial charge in [0.15, 0.2) is 0 Å². The lowest BCUT2D eigenvalue weighted by molar-refractivity contribution is -0.137. The first-order chi connectivity index (χ1) is 14.2. The minimum atomic E-state index is -4.46. The first-order valence-corrected chi connectivity index (χ1v) is 9.25. The maximum atomic E-state index is 13.0. The summed E-state index contributed by atoms with van der Waals surface area (Å²) in [5, 5.41) is 8.73. The molecule has 0 spiro atoms. The van der Waals surface area contributed by atoms with Crippen LogP contribution in [0.2, 0.25) is 0 Å². The SMILES string of the molecule is Cc1nc2ccccc2c2c1c(C)nn2C(=O)N[C@@H](C)c1ccc(C(F)(F)F)cn1. The molecular formula is C21H18F3N5O. The van der Waals surface area contributed by atoms with Crippen molar-refractivity contribution in [3.05, 3.63) is 65.2 Å². The van der Waals surface area contributed by atoms with Crippen molar-refractivity contribution >= 4 is 27.8 Å². The number of hydrogen-bond donors (Lipinski definition) is 1. The van der Waals surface area contributed by atoms with Crippen molar-refractivity contribution < 1.29 is 18.0 Å².